The maximum absolute atomic E-state index is 4.50. The molecule has 0 saturated heterocycles. The normalized spacial score (nSPS) is 19.4. The third kappa shape index (κ3) is 1.84. The van der Waals surface area contributed by atoms with Gasteiger partial charge in [-0.2, -0.15) is 0 Å². The zero-order valence-electron chi connectivity index (χ0n) is 9.79. The molecule has 0 aromatic heterocycles. The van der Waals surface area contributed by atoms with E-state index in [0.29, 0.717) is 0 Å². The number of nitrogens with one attached hydrogen (secondary N) is 1. The SMILES string of the molecule is Cc1cccc(C2CC2)c1CC1=NCCN1. The molecule has 1 aliphatic heterocycles. The second-order valence-electron chi connectivity index (χ2n) is 4.85. The standard InChI is InChI=1S/C14H18N2/c1-10-3-2-4-12(11-5-6-11)13(10)9-14-15-7-8-16-14/h2-4,11H,5-9H2,1H3,(H,15,16). The summed E-state index contributed by atoms with van der Waals surface area (Å²) in [5, 5.41) is 3.37. The number of hydrogen-bond donors (Lipinski definition) is 1. The average molecular weight is 214 g/mol. The summed E-state index contributed by atoms with van der Waals surface area (Å²) in [7, 11) is 0. The Bertz CT molecular complexity index is 430. The van der Waals surface area contributed by atoms with Crippen LogP contribution in [0.5, 0.6) is 0 Å². The minimum Gasteiger partial charge on any atom is -0.372 e. The summed E-state index contributed by atoms with van der Waals surface area (Å²) >= 11 is 0. The van der Waals surface area contributed by atoms with E-state index in [1.807, 2.05) is 0 Å². The zero-order valence-corrected chi connectivity index (χ0v) is 9.79. The molecular formula is C14H18N2. The van der Waals surface area contributed by atoms with E-state index >= 15 is 0 Å². The molecule has 2 nitrogen and oxygen atoms in total. The predicted octanol–water partition coefficient (Wildman–Crippen LogP) is 2.42. The van der Waals surface area contributed by atoms with E-state index in [9.17, 15) is 0 Å². The van der Waals surface area contributed by atoms with Crippen molar-refractivity contribution in [1.82, 2.24) is 5.32 Å². The van der Waals surface area contributed by atoms with Crippen molar-refractivity contribution in [3.8, 4) is 0 Å². The molecule has 1 saturated carbocycles. The van der Waals surface area contributed by atoms with Gasteiger partial charge in [-0.15, -0.1) is 0 Å². The molecule has 84 valence electrons. The summed E-state index contributed by atoms with van der Waals surface area (Å²) in [4.78, 5) is 4.50. The summed E-state index contributed by atoms with van der Waals surface area (Å²) in [6.45, 7) is 4.18. The summed E-state index contributed by atoms with van der Waals surface area (Å²) in [6.07, 6.45) is 3.74. The highest BCUT2D eigenvalue weighted by Gasteiger charge is 2.26. The van der Waals surface area contributed by atoms with E-state index in [0.717, 1.165) is 25.4 Å². The highest BCUT2D eigenvalue weighted by Crippen LogP contribution is 2.42. The molecule has 2 heteroatoms. The van der Waals surface area contributed by atoms with Crippen LogP contribution in [-0.4, -0.2) is 18.9 Å². The van der Waals surface area contributed by atoms with Crippen molar-refractivity contribution in [3.05, 3.63) is 34.9 Å². The van der Waals surface area contributed by atoms with Gasteiger partial charge in [0.05, 0.1) is 6.54 Å². The highest BCUT2D eigenvalue weighted by molar-refractivity contribution is 5.86. The fourth-order valence-corrected chi connectivity index (χ4v) is 2.48. The molecule has 0 unspecified atom stereocenters. The number of hydrogen-bond acceptors (Lipinski definition) is 2. The monoisotopic (exact) mass is 214 g/mol. The Labute approximate surface area is 96.8 Å². The van der Waals surface area contributed by atoms with Crippen molar-refractivity contribution in [2.45, 2.75) is 32.1 Å². The first kappa shape index (κ1) is 9.88. The third-order valence-corrected chi connectivity index (χ3v) is 3.55. The molecule has 0 radical (unpaired) electrons. The molecule has 1 aromatic carbocycles. The van der Waals surface area contributed by atoms with Crippen LogP contribution in [0.3, 0.4) is 0 Å². The van der Waals surface area contributed by atoms with Crippen LogP contribution in [-0.2, 0) is 6.42 Å². The van der Waals surface area contributed by atoms with E-state index in [-0.39, 0.29) is 0 Å². The smallest absolute Gasteiger partial charge is 0.101 e. The van der Waals surface area contributed by atoms with Gasteiger partial charge in [0, 0.05) is 13.0 Å². The van der Waals surface area contributed by atoms with Crippen molar-refractivity contribution in [1.29, 1.82) is 0 Å². The quantitative estimate of drug-likeness (QED) is 0.821. The second kappa shape index (κ2) is 3.93. The summed E-state index contributed by atoms with van der Waals surface area (Å²) in [5.74, 6) is 2.01. The van der Waals surface area contributed by atoms with Gasteiger partial charge < -0.3 is 5.32 Å². The Morgan fingerprint density at radius 1 is 1.38 bits per heavy atom. The Morgan fingerprint density at radius 2 is 2.25 bits per heavy atom. The van der Waals surface area contributed by atoms with Crippen LogP contribution in [0, 0.1) is 6.92 Å². The summed E-state index contributed by atoms with van der Waals surface area (Å²) < 4.78 is 0. The van der Waals surface area contributed by atoms with Crippen LogP contribution in [0.15, 0.2) is 23.2 Å². The first-order valence-electron chi connectivity index (χ1n) is 6.20. The Morgan fingerprint density at radius 3 is 2.94 bits per heavy atom. The van der Waals surface area contributed by atoms with E-state index < -0.39 is 0 Å². The van der Waals surface area contributed by atoms with E-state index in [1.165, 1.54) is 29.8 Å². The summed E-state index contributed by atoms with van der Waals surface area (Å²) in [5.41, 5.74) is 4.50. The van der Waals surface area contributed by atoms with Gasteiger partial charge in [0.15, 0.2) is 0 Å². The van der Waals surface area contributed by atoms with Crippen molar-refractivity contribution in [2.75, 3.05) is 13.1 Å². The van der Waals surface area contributed by atoms with Gasteiger partial charge in [-0.25, -0.2) is 0 Å². The van der Waals surface area contributed by atoms with Crippen LogP contribution in [0.1, 0.15) is 35.4 Å². The molecule has 0 atom stereocenters. The number of rotatable bonds is 3. The van der Waals surface area contributed by atoms with Crippen LogP contribution in [0.25, 0.3) is 0 Å². The number of aryl methyl sites for hydroxylation is 1. The van der Waals surface area contributed by atoms with E-state index in [2.05, 4.69) is 35.4 Å². The van der Waals surface area contributed by atoms with E-state index in [1.54, 1.807) is 5.56 Å². The lowest BCUT2D eigenvalue weighted by molar-refractivity contribution is 0.950. The van der Waals surface area contributed by atoms with Gasteiger partial charge in [-0.1, -0.05) is 18.2 Å². The van der Waals surface area contributed by atoms with Crippen LogP contribution >= 0.6 is 0 Å². The number of nitrogens with zero attached hydrogens (tertiary/aromatic N) is 1. The number of amidine groups is 1. The lowest BCUT2D eigenvalue weighted by Gasteiger charge is -2.12. The zero-order chi connectivity index (χ0) is 11.0. The molecule has 1 aromatic rings. The number of benzene rings is 1. The predicted molar refractivity (Wildman–Crippen MR) is 67.2 cm³/mol. The van der Waals surface area contributed by atoms with Crippen molar-refractivity contribution in [3.63, 3.8) is 0 Å². The Kier molecular flexibility index (Phi) is 2.43. The molecule has 0 spiro atoms. The van der Waals surface area contributed by atoms with Crippen LogP contribution < -0.4 is 5.32 Å². The van der Waals surface area contributed by atoms with Gasteiger partial charge in [0.1, 0.15) is 5.84 Å². The summed E-state index contributed by atoms with van der Waals surface area (Å²) in [6, 6.07) is 6.71. The first-order chi connectivity index (χ1) is 7.84. The Balaban J connectivity index is 1.91. The lowest BCUT2D eigenvalue weighted by atomic mass is 9.95. The molecule has 0 amide bonds. The van der Waals surface area contributed by atoms with Gasteiger partial charge in [0.2, 0.25) is 0 Å². The molecule has 1 heterocycles. The van der Waals surface area contributed by atoms with Crippen LogP contribution in [0.4, 0.5) is 0 Å². The first-order valence-corrected chi connectivity index (χ1v) is 6.20. The minimum atomic E-state index is 0.830. The van der Waals surface area contributed by atoms with E-state index in [4.69, 9.17) is 0 Å². The van der Waals surface area contributed by atoms with Crippen molar-refractivity contribution >= 4 is 5.84 Å². The molecular weight excluding hydrogens is 196 g/mol. The molecule has 3 rings (SSSR count). The molecule has 1 N–H and O–H groups in total. The van der Waals surface area contributed by atoms with Crippen LogP contribution in [0.2, 0.25) is 0 Å². The van der Waals surface area contributed by atoms with Gasteiger partial charge >= 0.3 is 0 Å². The van der Waals surface area contributed by atoms with Gasteiger partial charge in [-0.3, -0.25) is 4.99 Å². The average Bonchev–Trinajstić information content (AvgIpc) is 3.00. The highest BCUT2D eigenvalue weighted by atomic mass is 15.1. The lowest BCUT2D eigenvalue weighted by Crippen LogP contribution is -2.21. The molecule has 16 heavy (non-hydrogen) atoms. The number of aliphatic imine (C=N–C) groups is 1. The molecule has 1 fully saturated rings. The molecule has 2 aliphatic rings. The van der Waals surface area contributed by atoms with Crippen molar-refractivity contribution < 1.29 is 0 Å². The maximum Gasteiger partial charge on any atom is 0.101 e. The van der Waals surface area contributed by atoms with Gasteiger partial charge in [0.25, 0.3) is 0 Å². The molecule has 0 bridgehead atoms. The molecule has 1 aliphatic carbocycles. The largest absolute Gasteiger partial charge is 0.372 e. The second-order valence-corrected chi connectivity index (χ2v) is 4.85. The van der Waals surface area contributed by atoms with Gasteiger partial charge in [-0.05, 0) is 42.4 Å². The fraction of sp³-hybridized carbons (Fsp3) is 0.500. The Hall–Kier alpha value is -1.31. The maximum atomic E-state index is 4.50. The van der Waals surface area contributed by atoms with Crippen molar-refractivity contribution in [2.24, 2.45) is 4.99 Å². The topological polar surface area (TPSA) is 24.4 Å². The third-order valence-electron chi connectivity index (χ3n) is 3.55. The fourth-order valence-electron chi connectivity index (χ4n) is 2.48. The minimum absolute atomic E-state index is 0.830.